The van der Waals surface area contributed by atoms with Crippen LogP contribution in [0.1, 0.15) is 58.9 Å². The highest BCUT2D eigenvalue weighted by Crippen LogP contribution is 2.26. The predicted octanol–water partition coefficient (Wildman–Crippen LogP) is 4.97. The number of nitrogens with zero attached hydrogens (tertiary/aromatic N) is 2. The lowest BCUT2D eigenvalue weighted by Gasteiger charge is -2.36. The number of nitrogens with one attached hydrogen (secondary N) is 2. The van der Waals surface area contributed by atoms with Gasteiger partial charge in [0.2, 0.25) is 11.8 Å². The number of aromatic nitrogens is 1. The molecule has 1 fully saturated rings. The largest absolute Gasteiger partial charge is 0.439 e. The summed E-state index contributed by atoms with van der Waals surface area (Å²) < 4.78 is 33.7. The Hall–Kier alpha value is -4.29. The van der Waals surface area contributed by atoms with E-state index in [-0.39, 0.29) is 30.1 Å². The number of hydrogen-bond acceptors (Lipinski definition) is 6. The first-order valence-electron chi connectivity index (χ1n) is 13.7. The first-order valence-corrected chi connectivity index (χ1v) is 13.7. The summed E-state index contributed by atoms with van der Waals surface area (Å²) in [4.78, 5) is 42.0. The Bertz CT molecular complexity index is 1420. The SMILES string of the molecule is CCCC(NC(=O)Nc1cc(C(N)=O)c(F)cc1F)C1CCN(Cc2ccc(Oc3ccc(C(N)=O)cc3)nc2)CC1.Cl. The number of benzene rings is 2. The molecule has 1 unspecified atom stereocenters. The maximum absolute atomic E-state index is 14.2. The van der Waals surface area contributed by atoms with Crippen LogP contribution >= 0.6 is 12.4 Å². The van der Waals surface area contributed by atoms with Crippen LogP contribution in [-0.4, -0.2) is 46.9 Å². The minimum atomic E-state index is -1.09. The lowest BCUT2D eigenvalue weighted by Crippen LogP contribution is -2.46. The summed E-state index contributed by atoms with van der Waals surface area (Å²) in [5, 5.41) is 5.32. The van der Waals surface area contributed by atoms with E-state index in [1.807, 2.05) is 13.0 Å². The van der Waals surface area contributed by atoms with Crippen molar-refractivity contribution in [2.24, 2.45) is 17.4 Å². The quantitative estimate of drug-likeness (QED) is 0.239. The molecule has 3 aromatic rings. The maximum atomic E-state index is 14.2. The number of urea groups is 1. The van der Waals surface area contributed by atoms with Crippen LogP contribution in [0.3, 0.4) is 0 Å². The van der Waals surface area contributed by atoms with Crippen LogP contribution in [0.4, 0.5) is 19.3 Å². The molecule has 1 aliphatic rings. The van der Waals surface area contributed by atoms with Gasteiger partial charge in [0.25, 0.3) is 5.91 Å². The molecule has 4 amide bonds. The van der Waals surface area contributed by atoms with E-state index >= 15 is 0 Å². The Morgan fingerprint density at radius 1 is 1.02 bits per heavy atom. The monoisotopic (exact) mass is 616 g/mol. The molecule has 10 nitrogen and oxygen atoms in total. The first-order chi connectivity index (χ1) is 20.1. The maximum Gasteiger partial charge on any atom is 0.319 e. The molecule has 0 saturated carbocycles. The fourth-order valence-electron chi connectivity index (χ4n) is 5.04. The number of piperidine rings is 1. The Kier molecular flexibility index (Phi) is 11.8. The van der Waals surface area contributed by atoms with Gasteiger partial charge < -0.3 is 26.8 Å². The molecule has 0 radical (unpaired) electrons. The molecular weight excluding hydrogens is 582 g/mol. The molecule has 1 aliphatic heterocycles. The van der Waals surface area contributed by atoms with Crippen molar-refractivity contribution in [2.45, 2.75) is 45.2 Å². The van der Waals surface area contributed by atoms with Gasteiger partial charge in [-0.05, 0) is 74.2 Å². The molecule has 1 atom stereocenters. The van der Waals surface area contributed by atoms with Gasteiger partial charge in [0.1, 0.15) is 17.4 Å². The van der Waals surface area contributed by atoms with Crippen LogP contribution in [0.2, 0.25) is 0 Å². The fraction of sp³-hybridized carbons (Fsp3) is 0.333. The molecule has 0 aliphatic carbocycles. The van der Waals surface area contributed by atoms with Crippen molar-refractivity contribution in [3.8, 4) is 11.6 Å². The Balaban J connectivity index is 0.00000506. The number of hydrogen-bond donors (Lipinski definition) is 4. The van der Waals surface area contributed by atoms with E-state index in [0.29, 0.717) is 29.8 Å². The number of carbonyl (C=O) groups is 3. The molecule has 0 bridgehead atoms. The Morgan fingerprint density at radius 3 is 2.30 bits per heavy atom. The third-order valence-corrected chi connectivity index (χ3v) is 7.25. The molecule has 2 heterocycles. The molecule has 4 rings (SSSR count). The lowest BCUT2D eigenvalue weighted by molar-refractivity contribution is 0.0989. The summed E-state index contributed by atoms with van der Waals surface area (Å²) in [7, 11) is 0. The molecule has 1 saturated heterocycles. The lowest BCUT2D eigenvalue weighted by atomic mass is 9.87. The van der Waals surface area contributed by atoms with Gasteiger partial charge in [0.05, 0.1) is 11.3 Å². The van der Waals surface area contributed by atoms with Crippen molar-refractivity contribution in [3.05, 3.63) is 83.1 Å². The number of primary amides is 2. The summed E-state index contributed by atoms with van der Waals surface area (Å²) in [6.45, 7) is 4.39. The third kappa shape index (κ3) is 9.10. The number of nitrogens with two attached hydrogens (primary N) is 2. The topological polar surface area (TPSA) is 153 Å². The van der Waals surface area contributed by atoms with Crippen LogP contribution in [0.5, 0.6) is 11.6 Å². The van der Waals surface area contributed by atoms with Gasteiger partial charge in [-0.1, -0.05) is 19.4 Å². The van der Waals surface area contributed by atoms with Crippen molar-refractivity contribution < 1.29 is 27.9 Å². The number of pyridine rings is 1. The van der Waals surface area contributed by atoms with Crippen LogP contribution < -0.4 is 26.8 Å². The molecule has 2 aromatic carbocycles. The van der Waals surface area contributed by atoms with Crippen molar-refractivity contribution in [3.63, 3.8) is 0 Å². The number of amides is 4. The highest BCUT2D eigenvalue weighted by atomic mass is 35.5. The molecule has 0 spiro atoms. The van der Waals surface area contributed by atoms with Gasteiger partial charge in [0.15, 0.2) is 0 Å². The summed E-state index contributed by atoms with van der Waals surface area (Å²) in [6, 6.07) is 10.9. The smallest absolute Gasteiger partial charge is 0.319 e. The van der Waals surface area contributed by atoms with Crippen molar-refractivity contribution in [2.75, 3.05) is 18.4 Å². The van der Waals surface area contributed by atoms with Gasteiger partial charge >= 0.3 is 6.03 Å². The summed E-state index contributed by atoms with van der Waals surface area (Å²) in [6.07, 6.45) is 5.07. The summed E-state index contributed by atoms with van der Waals surface area (Å²) in [5.74, 6) is -2.44. The predicted molar refractivity (Wildman–Crippen MR) is 160 cm³/mol. The number of carbonyl (C=O) groups excluding carboxylic acids is 3. The molecular formula is C30H35ClF2N6O4. The molecule has 43 heavy (non-hydrogen) atoms. The minimum Gasteiger partial charge on any atom is -0.439 e. The molecule has 13 heteroatoms. The van der Waals surface area contributed by atoms with Crippen LogP contribution in [0, 0.1) is 17.6 Å². The van der Waals surface area contributed by atoms with Crippen molar-refractivity contribution >= 4 is 35.9 Å². The van der Waals surface area contributed by atoms with E-state index in [0.717, 1.165) is 50.4 Å². The van der Waals surface area contributed by atoms with Gasteiger partial charge in [0, 0.05) is 36.5 Å². The molecule has 230 valence electrons. The average Bonchev–Trinajstić information content (AvgIpc) is 2.96. The zero-order valence-electron chi connectivity index (χ0n) is 23.6. The second kappa shape index (κ2) is 15.3. The number of anilines is 1. The summed E-state index contributed by atoms with van der Waals surface area (Å²) in [5.41, 5.74) is 11.0. The number of likely N-dealkylation sites (tertiary alicyclic amines) is 1. The Labute approximate surface area is 254 Å². The third-order valence-electron chi connectivity index (χ3n) is 7.25. The second-order valence-corrected chi connectivity index (χ2v) is 10.3. The highest BCUT2D eigenvalue weighted by Gasteiger charge is 2.28. The number of ether oxygens (including phenoxy) is 1. The zero-order chi connectivity index (χ0) is 30.2. The van der Waals surface area contributed by atoms with Gasteiger partial charge in [-0.25, -0.2) is 18.6 Å². The van der Waals surface area contributed by atoms with Crippen molar-refractivity contribution in [1.82, 2.24) is 15.2 Å². The van der Waals surface area contributed by atoms with E-state index in [1.54, 1.807) is 36.5 Å². The zero-order valence-corrected chi connectivity index (χ0v) is 24.5. The van der Waals surface area contributed by atoms with Crippen LogP contribution in [-0.2, 0) is 6.54 Å². The fourth-order valence-corrected chi connectivity index (χ4v) is 5.04. The number of halogens is 3. The van der Waals surface area contributed by atoms with Gasteiger partial charge in [-0.3, -0.25) is 14.5 Å². The highest BCUT2D eigenvalue weighted by molar-refractivity contribution is 5.96. The van der Waals surface area contributed by atoms with Gasteiger partial charge in [-0.15, -0.1) is 12.4 Å². The van der Waals surface area contributed by atoms with E-state index in [2.05, 4.69) is 20.5 Å². The Morgan fingerprint density at radius 2 is 1.72 bits per heavy atom. The molecule has 6 N–H and O–H groups in total. The van der Waals surface area contributed by atoms with Crippen LogP contribution in [0.15, 0.2) is 54.7 Å². The van der Waals surface area contributed by atoms with E-state index < -0.39 is 35.0 Å². The number of rotatable bonds is 11. The average molecular weight is 617 g/mol. The van der Waals surface area contributed by atoms with E-state index in [4.69, 9.17) is 16.2 Å². The normalized spacial score (nSPS) is 14.3. The van der Waals surface area contributed by atoms with E-state index in [1.165, 1.54) is 0 Å². The van der Waals surface area contributed by atoms with Crippen molar-refractivity contribution in [1.29, 1.82) is 0 Å². The summed E-state index contributed by atoms with van der Waals surface area (Å²) >= 11 is 0. The standard InChI is InChI=1S/C30H34F2N6O4.ClH/c1-2-3-25(36-30(41)37-26-14-22(29(34)40)23(31)15-24(26)32)19-10-12-38(13-11-19)17-18-4-9-27(35-16-18)42-21-7-5-20(6-8-21)28(33)39;/h4-9,14-16,19,25H,2-3,10-13,17H2,1H3,(H2,33,39)(H2,34,40)(H2,36,37,41);1H. The second-order valence-electron chi connectivity index (χ2n) is 10.3. The van der Waals surface area contributed by atoms with Gasteiger partial charge in [-0.2, -0.15) is 0 Å². The minimum absolute atomic E-state index is 0. The van der Waals surface area contributed by atoms with Crippen LogP contribution in [0.25, 0.3) is 0 Å². The van der Waals surface area contributed by atoms with E-state index in [9.17, 15) is 23.2 Å². The molecule has 1 aromatic heterocycles. The first kappa shape index (κ1) is 33.2.